The second-order valence-electron chi connectivity index (χ2n) is 9.11. The van der Waals surface area contributed by atoms with Gasteiger partial charge in [-0.2, -0.15) is 0 Å². The first-order valence-electron chi connectivity index (χ1n) is 11.2. The molecule has 6 heteroatoms. The quantitative estimate of drug-likeness (QED) is 0.419. The summed E-state index contributed by atoms with van der Waals surface area (Å²) in [6.07, 6.45) is 3.51. The summed E-state index contributed by atoms with van der Waals surface area (Å²) in [5, 5.41) is 1.98. The van der Waals surface area contributed by atoms with Crippen molar-refractivity contribution in [2.24, 2.45) is 0 Å². The third kappa shape index (κ3) is 4.10. The molecular formula is C26H32N3O2S+. The van der Waals surface area contributed by atoms with E-state index in [0.717, 1.165) is 28.2 Å². The molecule has 3 aromatic rings. The van der Waals surface area contributed by atoms with Gasteiger partial charge < -0.3 is 4.74 Å². The smallest absolute Gasteiger partial charge is 0.356 e. The van der Waals surface area contributed by atoms with Gasteiger partial charge >= 0.3 is 5.91 Å². The fourth-order valence-electron chi connectivity index (χ4n) is 4.59. The largest absolute Gasteiger partial charge is 0.487 e. The number of hydrogen-bond donors (Lipinski definition) is 0. The van der Waals surface area contributed by atoms with Crippen molar-refractivity contribution in [3.05, 3.63) is 65.3 Å². The molecule has 1 aromatic carbocycles. The molecule has 1 aliphatic heterocycles. The number of aromatic nitrogens is 1. The van der Waals surface area contributed by atoms with E-state index in [4.69, 9.17) is 4.74 Å². The van der Waals surface area contributed by atoms with Gasteiger partial charge in [0.2, 0.25) is 0 Å². The van der Waals surface area contributed by atoms with Gasteiger partial charge in [0.1, 0.15) is 30.2 Å². The van der Waals surface area contributed by atoms with Gasteiger partial charge in [0.15, 0.2) is 0 Å². The first-order valence-corrected chi connectivity index (χ1v) is 12.1. The van der Waals surface area contributed by atoms with Gasteiger partial charge in [-0.1, -0.05) is 12.1 Å². The van der Waals surface area contributed by atoms with Crippen molar-refractivity contribution in [3.8, 4) is 16.2 Å². The van der Waals surface area contributed by atoms with Crippen LogP contribution < -0.4 is 9.22 Å². The molecule has 5 nitrogen and oxygen atoms in total. The van der Waals surface area contributed by atoms with Crippen LogP contribution in [0.3, 0.4) is 0 Å². The fraction of sp³-hybridized carbons (Fsp3) is 0.385. The van der Waals surface area contributed by atoms with Gasteiger partial charge in [0.25, 0.3) is 0 Å². The van der Waals surface area contributed by atoms with Crippen LogP contribution in [0.5, 0.6) is 5.75 Å². The second-order valence-corrected chi connectivity index (χ2v) is 9.99. The summed E-state index contributed by atoms with van der Waals surface area (Å²) in [5.41, 5.74) is 3.95. The summed E-state index contributed by atoms with van der Waals surface area (Å²) >= 11 is 1.59. The zero-order chi connectivity index (χ0) is 22.9. The summed E-state index contributed by atoms with van der Waals surface area (Å²) < 4.78 is 6.40. The molecule has 0 radical (unpaired) electrons. The lowest BCUT2D eigenvalue weighted by atomic mass is 9.97. The zero-order valence-electron chi connectivity index (χ0n) is 19.5. The van der Waals surface area contributed by atoms with Crippen LogP contribution in [0.1, 0.15) is 43.6 Å². The highest BCUT2D eigenvalue weighted by atomic mass is 32.1. The minimum atomic E-state index is 0.108. The maximum Gasteiger partial charge on any atom is 0.356 e. The number of quaternary nitrogens is 1. The van der Waals surface area contributed by atoms with Gasteiger partial charge in [-0.05, 0) is 51.5 Å². The number of para-hydroxylation sites is 1. The van der Waals surface area contributed by atoms with E-state index < -0.39 is 0 Å². The molecule has 0 saturated carbocycles. The maximum absolute atomic E-state index is 14.0. The zero-order valence-corrected chi connectivity index (χ0v) is 20.4. The summed E-state index contributed by atoms with van der Waals surface area (Å²) in [6.45, 7) is 10.8. The molecule has 3 heterocycles. The van der Waals surface area contributed by atoms with E-state index in [1.807, 2.05) is 30.6 Å². The lowest BCUT2D eigenvalue weighted by Gasteiger charge is -2.39. The number of amides is 1. The molecule has 0 saturated heterocycles. The van der Waals surface area contributed by atoms with Crippen LogP contribution in [0.15, 0.2) is 54.2 Å². The number of carbonyl (C=O) groups is 1. The number of nitrogens with zero attached hydrogens (tertiary/aromatic N) is 3. The van der Waals surface area contributed by atoms with E-state index in [1.165, 1.54) is 0 Å². The predicted octanol–water partition coefficient (Wildman–Crippen LogP) is 5.60. The van der Waals surface area contributed by atoms with E-state index in [1.54, 1.807) is 23.7 Å². The molecule has 2 aromatic heterocycles. The highest BCUT2D eigenvalue weighted by molar-refractivity contribution is 7.14. The number of ether oxygens (including phenoxy) is 1. The molecule has 0 N–H and O–H groups in total. The molecule has 0 bridgehead atoms. The summed E-state index contributed by atoms with van der Waals surface area (Å²) in [6, 6.07) is 13.0. The van der Waals surface area contributed by atoms with E-state index >= 15 is 0 Å². The van der Waals surface area contributed by atoms with Gasteiger partial charge in [-0.25, -0.2) is 9.28 Å². The van der Waals surface area contributed by atoms with Crippen molar-refractivity contribution in [1.82, 2.24) is 14.4 Å². The molecule has 1 amide bonds. The van der Waals surface area contributed by atoms with Crippen molar-refractivity contribution in [3.63, 3.8) is 0 Å². The van der Waals surface area contributed by atoms with Crippen molar-refractivity contribution in [2.75, 3.05) is 20.1 Å². The number of likely N-dealkylation sites (N-methyl/N-ethyl adjacent to an activating group) is 1. The third-order valence-electron chi connectivity index (χ3n) is 6.38. The van der Waals surface area contributed by atoms with Crippen molar-refractivity contribution in [2.45, 2.75) is 46.4 Å². The molecule has 1 atom stereocenters. The Morgan fingerprint density at radius 2 is 1.75 bits per heavy atom. The Balaban J connectivity index is 1.69. The number of rotatable bonds is 8. The average molecular weight is 451 g/mol. The Bertz CT molecular complexity index is 1090. The predicted molar refractivity (Wildman–Crippen MR) is 132 cm³/mol. The van der Waals surface area contributed by atoms with Gasteiger partial charge in [-0.3, -0.25) is 9.88 Å². The van der Waals surface area contributed by atoms with E-state index in [9.17, 15) is 4.79 Å². The Morgan fingerprint density at radius 3 is 2.44 bits per heavy atom. The molecule has 0 fully saturated rings. The Labute approximate surface area is 194 Å². The second kappa shape index (κ2) is 9.14. The number of benzene rings is 1. The summed E-state index contributed by atoms with van der Waals surface area (Å²) in [4.78, 5) is 21.5. The van der Waals surface area contributed by atoms with Crippen LogP contribution in [-0.2, 0) is 6.61 Å². The normalized spacial score (nSPS) is 17.7. The first kappa shape index (κ1) is 22.6. The SMILES string of the molecule is CC(C)N(CC[N+]1(C)C(=O)c2c(OCc3ccncc3)csc2-c2ccccc21)C(C)C. The number of carbonyl (C=O) groups excluding carboxylic acids is 1. The molecule has 1 unspecified atom stereocenters. The van der Waals surface area contributed by atoms with Crippen molar-refractivity contribution >= 4 is 22.9 Å². The molecule has 32 heavy (non-hydrogen) atoms. The van der Waals surface area contributed by atoms with Crippen LogP contribution in [0.25, 0.3) is 10.4 Å². The molecular weight excluding hydrogens is 418 g/mol. The Kier molecular flexibility index (Phi) is 6.47. The van der Waals surface area contributed by atoms with Gasteiger partial charge in [0.05, 0.1) is 17.5 Å². The Hall–Kier alpha value is -2.54. The number of pyridine rings is 1. The lowest BCUT2D eigenvalue weighted by molar-refractivity contribution is 0.0753. The molecule has 0 aliphatic carbocycles. The average Bonchev–Trinajstić information content (AvgIpc) is 3.21. The molecule has 168 valence electrons. The standard InChI is InChI=1S/C26H32N3O2S/c1-18(2)28(19(3)4)14-15-29(5)22-9-7-6-8-21(22)25-24(26(29)30)23(17-32-25)31-16-20-10-12-27-13-11-20/h6-13,17-19H,14-16H2,1-5H3/q+1. The minimum Gasteiger partial charge on any atom is -0.487 e. The minimum absolute atomic E-state index is 0.108. The summed E-state index contributed by atoms with van der Waals surface area (Å²) in [5.74, 6) is 0.785. The van der Waals surface area contributed by atoms with E-state index in [-0.39, 0.29) is 10.4 Å². The van der Waals surface area contributed by atoms with E-state index in [0.29, 0.717) is 36.5 Å². The Morgan fingerprint density at radius 1 is 1.06 bits per heavy atom. The van der Waals surface area contributed by atoms with Gasteiger partial charge in [-0.15, -0.1) is 11.3 Å². The van der Waals surface area contributed by atoms with Gasteiger partial charge in [0, 0.05) is 42.5 Å². The van der Waals surface area contributed by atoms with Crippen molar-refractivity contribution < 1.29 is 9.53 Å². The van der Waals surface area contributed by atoms with Crippen LogP contribution in [0, 0.1) is 0 Å². The number of thiophene rings is 1. The number of fused-ring (bicyclic) bond motifs is 3. The molecule has 4 rings (SSSR count). The maximum atomic E-state index is 14.0. The van der Waals surface area contributed by atoms with E-state index in [2.05, 4.69) is 55.8 Å². The topological polar surface area (TPSA) is 42.4 Å². The van der Waals surface area contributed by atoms with Crippen LogP contribution >= 0.6 is 11.3 Å². The fourth-order valence-corrected chi connectivity index (χ4v) is 5.61. The molecule has 1 aliphatic rings. The first-order chi connectivity index (χ1) is 15.3. The molecule has 0 spiro atoms. The third-order valence-corrected chi connectivity index (χ3v) is 7.37. The summed E-state index contributed by atoms with van der Waals surface area (Å²) in [7, 11) is 2.05. The number of hydrogen-bond acceptors (Lipinski definition) is 5. The van der Waals surface area contributed by atoms with Crippen LogP contribution in [0.2, 0.25) is 0 Å². The van der Waals surface area contributed by atoms with Crippen LogP contribution in [0.4, 0.5) is 5.69 Å². The highest BCUT2D eigenvalue weighted by Crippen LogP contribution is 2.48. The van der Waals surface area contributed by atoms with Crippen molar-refractivity contribution in [1.29, 1.82) is 0 Å². The highest BCUT2D eigenvalue weighted by Gasteiger charge is 2.46. The van der Waals surface area contributed by atoms with Crippen LogP contribution in [-0.4, -0.2) is 48.0 Å². The lowest BCUT2D eigenvalue weighted by Crippen LogP contribution is -2.56. The monoisotopic (exact) mass is 450 g/mol.